The van der Waals surface area contributed by atoms with Gasteiger partial charge in [0.1, 0.15) is 0 Å². The van der Waals surface area contributed by atoms with Crippen LogP contribution in [0.4, 0.5) is 0 Å². The van der Waals surface area contributed by atoms with Crippen LogP contribution in [0.5, 0.6) is 0 Å². The zero-order valence-electron chi connectivity index (χ0n) is 8.86. The Balaban J connectivity index is 2.37. The van der Waals surface area contributed by atoms with E-state index >= 15 is 0 Å². The lowest BCUT2D eigenvalue weighted by Gasteiger charge is -2.45. The fraction of sp³-hybridized carbons (Fsp3) is 0.800. The van der Waals surface area contributed by atoms with Crippen LogP contribution in [0.3, 0.4) is 0 Å². The SMILES string of the molecule is O=[N+]1C(CBr)=C(CBr)N([O-])[C@H]2CCCC[C@@H]21. The Morgan fingerprint density at radius 1 is 1.31 bits per heavy atom. The maximum absolute atomic E-state index is 12.1. The van der Waals surface area contributed by atoms with Crippen molar-refractivity contribution in [3.05, 3.63) is 21.5 Å². The van der Waals surface area contributed by atoms with Crippen molar-refractivity contribution >= 4 is 31.9 Å². The van der Waals surface area contributed by atoms with E-state index in [4.69, 9.17) is 0 Å². The maximum Gasteiger partial charge on any atom is 0.262 e. The molecule has 6 heteroatoms. The smallest absolute Gasteiger partial charge is 0.262 e. The van der Waals surface area contributed by atoms with Crippen molar-refractivity contribution in [2.75, 3.05) is 10.7 Å². The highest BCUT2D eigenvalue weighted by Crippen LogP contribution is 2.34. The van der Waals surface area contributed by atoms with E-state index in [0.29, 0.717) is 22.1 Å². The molecule has 1 heterocycles. The number of allylic oxidation sites excluding steroid dienone is 2. The minimum absolute atomic E-state index is 0.151. The first kappa shape index (κ1) is 12.5. The third kappa shape index (κ3) is 1.95. The van der Waals surface area contributed by atoms with Gasteiger partial charge in [-0.2, -0.15) is 0 Å². The molecule has 0 saturated heterocycles. The topological polar surface area (TPSA) is 46.4 Å². The third-order valence-electron chi connectivity index (χ3n) is 3.41. The first-order chi connectivity index (χ1) is 7.70. The molecule has 1 fully saturated rings. The molecule has 0 aromatic rings. The van der Waals surface area contributed by atoms with Gasteiger partial charge >= 0.3 is 0 Å². The molecule has 2 atom stereocenters. The van der Waals surface area contributed by atoms with Gasteiger partial charge in [0.2, 0.25) is 6.04 Å². The van der Waals surface area contributed by atoms with Crippen LogP contribution in [0.1, 0.15) is 25.7 Å². The lowest BCUT2D eigenvalue weighted by molar-refractivity contribution is -0.556. The van der Waals surface area contributed by atoms with E-state index in [1.807, 2.05) is 0 Å². The van der Waals surface area contributed by atoms with Gasteiger partial charge in [-0.25, -0.2) is 0 Å². The fourth-order valence-electron chi connectivity index (χ4n) is 2.57. The van der Waals surface area contributed by atoms with Crippen LogP contribution in [-0.2, 0) is 0 Å². The highest BCUT2D eigenvalue weighted by Gasteiger charge is 2.45. The predicted molar refractivity (Wildman–Crippen MR) is 69.5 cm³/mol. The van der Waals surface area contributed by atoms with Crippen molar-refractivity contribution in [3.63, 3.8) is 0 Å². The minimum Gasteiger partial charge on any atom is -0.758 e. The Hall–Kier alpha value is 0.0600. The molecule has 90 valence electrons. The van der Waals surface area contributed by atoms with Crippen molar-refractivity contribution in [2.24, 2.45) is 0 Å². The second-order valence-corrected chi connectivity index (χ2v) is 5.35. The van der Waals surface area contributed by atoms with E-state index < -0.39 is 0 Å². The van der Waals surface area contributed by atoms with Gasteiger partial charge in [0, 0.05) is 21.4 Å². The quantitative estimate of drug-likeness (QED) is 0.566. The molecule has 0 aromatic heterocycles. The number of nitroso groups, excluding NO2 is 1. The highest BCUT2D eigenvalue weighted by molar-refractivity contribution is 9.09. The first-order valence-corrected chi connectivity index (χ1v) is 7.71. The largest absolute Gasteiger partial charge is 0.758 e. The van der Waals surface area contributed by atoms with E-state index in [1.54, 1.807) is 0 Å². The van der Waals surface area contributed by atoms with Crippen molar-refractivity contribution in [3.8, 4) is 0 Å². The Bertz CT molecular complexity index is 333. The second kappa shape index (κ2) is 5.14. The van der Waals surface area contributed by atoms with Crippen LogP contribution in [0.25, 0.3) is 0 Å². The molecule has 2 aliphatic rings. The summed E-state index contributed by atoms with van der Waals surface area (Å²) in [6.45, 7) is 0. The van der Waals surface area contributed by atoms with Crippen LogP contribution < -0.4 is 0 Å². The molecule has 1 aliphatic heterocycles. The van der Waals surface area contributed by atoms with Crippen LogP contribution >= 0.6 is 31.9 Å². The summed E-state index contributed by atoms with van der Waals surface area (Å²) >= 11 is 6.58. The summed E-state index contributed by atoms with van der Waals surface area (Å²) in [6.07, 6.45) is 3.76. The van der Waals surface area contributed by atoms with E-state index in [1.165, 1.54) is 0 Å². The maximum atomic E-state index is 12.1. The Morgan fingerprint density at radius 3 is 2.62 bits per heavy atom. The molecule has 1 saturated carbocycles. The summed E-state index contributed by atoms with van der Waals surface area (Å²) in [5, 5.41) is 14.1. The molecule has 0 radical (unpaired) electrons. The number of halogens is 2. The summed E-state index contributed by atoms with van der Waals surface area (Å²) < 4.78 is 1.06. The zero-order chi connectivity index (χ0) is 11.7. The number of rotatable bonds is 2. The Morgan fingerprint density at radius 2 is 2.00 bits per heavy atom. The molecule has 0 aromatic carbocycles. The van der Waals surface area contributed by atoms with E-state index in [2.05, 4.69) is 31.9 Å². The Kier molecular flexibility index (Phi) is 4.02. The van der Waals surface area contributed by atoms with Gasteiger partial charge in [0.15, 0.2) is 0 Å². The van der Waals surface area contributed by atoms with Crippen molar-refractivity contribution < 1.29 is 4.76 Å². The fourth-order valence-corrected chi connectivity index (χ4v) is 3.71. The normalized spacial score (nSPS) is 30.7. The van der Waals surface area contributed by atoms with E-state index in [9.17, 15) is 10.1 Å². The summed E-state index contributed by atoms with van der Waals surface area (Å²) in [5.74, 6) is 0. The number of hydroxylamine groups is 2. The van der Waals surface area contributed by atoms with E-state index in [-0.39, 0.29) is 12.1 Å². The lowest BCUT2D eigenvalue weighted by atomic mass is 9.88. The zero-order valence-corrected chi connectivity index (χ0v) is 12.0. The molecule has 0 N–H and O–H groups in total. The molecule has 4 nitrogen and oxygen atoms in total. The Labute approximate surface area is 111 Å². The van der Waals surface area contributed by atoms with Crippen LogP contribution in [0, 0.1) is 10.1 Å². The highest BCUT2D eigenvalue weighted by atomic mass is 79.9. The van der Waals surface area contributed by atoms with Gasteiger partial charge in [-0.15, -0.1) is 0 Å². The van der Waals surface area contributed by atoms with Gasteiger partial charge < -0.3 is 10.3 Å². The summed E-state index contributed by atoms with van der Waals surface area (Å²) in [6, 6.07) is -0.303. The van der Waals surface area contributed by atoms with E-state index in [0.717, 1.165) is 35.5 Å². The number of hydrogen-bond donors (Lipinski definition) is 0. The molecule has 0 unspecified atom stereocenters. The van der Waals surface area contributed by atoms with Crippen molar-refractivity contribution in [1.29, 1.82) is 0 Å². The third-order valence-corrected chi connectivity index (χ3v) is 4.48. The monoisotopic (exact) mass is 352 g/mol. The molecule has 0 spiro atoms. The van der Waals surface area contributed by atoms with Crippen LogP contribution in [0.2, 0.25) is 0 Å². The minimum atomic E-state index is -0.151. The van der Waals surface area contributed by atoms with Crippen LogP contribution in [0.15, 0.2) is 11.4 Å². The predicted octanol–water partition coefficient (Wildman–Crippen LogP) is 2.89. The van der Waals surface area contributed by atoms with Gasteiger partial charge in [-0.1, -0.05) is 38.3 Å². The van der Waals surface area contributed by atoms with Gasteiger partial charge in [0.25, 0.3) is 5.70 Å². The van der Waals surface area contributed by atoms with Crippen molar-refractivity contribution in [2.45, 2.75) is 37.8 Å². The second-order valence-electron chi connectivity index (χ2n) is 4.23. The number of fused-ring (bicyclic) bond motifs is 1. The molecular formula is C10H14Br2N2O2. The molecular weight excluding hydrogens is 340 g/mol. The summed E-state index contributed by atoms with van der Waals surface area (Å²) in [7, 11) is 0. The van der Waals surface area contributed by atoms with Crippen molar-refractivity contribution in [1.82, 2.24) is 5.06 Å². The molecule has 1 aliphatic carbocycles. The molecule has 2 rings (SSSR count). The van der Waals surface area contributed by atoms with Gasteiger partial charge in [-0.05, 0) is 12.8 Å². The number of alkyl halides is 2. The number of hydrogen-bond acceptors (Lipinski definition) is 3. The molecule has 0 amide bonds. The summed E-state index contributed by atoms with van der Waals surface area (Å²) in [5.41, 5.74) is 1.16. The van der Waals surface area contributed by atoms with Gasteiger partial charge in [0.05, 0.1) is 17.1 Å². The first-order valence-electron chi connectivity index (χ1n) is 5.47. The lowest BCUT2D eigenvalue weighted by Crippen LogP contribution is -2.52. The number of nitrogens with zero attached hydrogens (tertiary/aromatic N) is 2. The van der Waals surface area contributed by atoms with Crippen LogP contribution in [-0.4, -0.2) is 32.6 Å². The average Bonchev–Trinajstić information content (AvgIpc) is 2.33. The average molecular weight is 354 g/mol. The van der Waals surface area contributed by atoms with Gasteiger partial charge in [-0.3, -0.25) is 0 Å². The standard InChI is InChI=1S/C10H14Br2N2O2/c11-5-9-10(6-12)14(16)8-4-2-1-3-7(8)13(9)15/h7-8H,1-6H2/t7-,8-/m0/s1. The molecule has 0 bridgehead atoms. The summed E-state index contributed by atoms with van der Waals surface area (Å²) in [4.78, 5) is 12.1. The molecule has 16 heavy (non-hydrogen) atoms.